The largest absolute Gasteiger partial charge is 0.0683 e. The molecule has 0 aliphatic heterocycles. The average molecular weight is 291 g/mol. The molecule has 4 aliphatic rings. The van der Waals surface area contributed by atoms with Gasteiger partial charge in [0, 0.05) is 0 Å². The zero-order valence-electron chi connectivity index (χ0n) is 15.4. The highest BCUT2D eigenvalue weighted by atomic mass is 14.7. The van der Waals surface area contributed by atoms with Crippen molar-refractivity contribution in [2.45, 2.75) is 86.5 Å². The first-order valence-electron chi connectivity index (χ1n) is 9.99. The summed E-state index contributed by atoms with van der Waals surface area (Å²) in [4.78, 5) is 0. The predicted octanol–water partition coefficient (Wildman–Crippen LogP) is 6.55. The third-order valence-corrected chi connectivity index (χ3v) is 8.65. The molecule has 0 radical (unpaired) electrons. The monoisotopic (exact) mass is 290 g/mol. The van der Waals surface area contributed by atoms with Crippen molar-refractivity contribution in [1.82, 2.24) is 0 Å². The molecule has 0 aromatic rings. The van der Waals surface area contributed by atoms with Gasteiger partial charge in [-0.05, 0) is 84.9 Å². The van der Waals surface area contributed by atoms with Crippen molar-refractivity contribution in [3.05, 3.63) is 0 Å². The van der Waals surface area contributed by atoms with E-state index in [1.54, 1.807) is 38.5 Å². The lowest BCUT2D eigenvalue weighted by Crippen LogP contribution is -2.54. The van der Waals surface area contributed by atoms with E-state index >= 15 is 0 Å². The second-order valence-electron chi connectivity index (χ2n) is 9.25. The van der Waals surface area contributed by atoms with Gasteiger partial charge in [0.25, 0.3) is 0 Å². The minimum absolute atomic E-state index is 0.739. The molecule has 0 aromatic carbocycles. The molecule has 0 aromatic heterocycles. The molecular formula is C21H38. The summed E-state index contributed by atoms with van der Waals surface area (Å²) >= 11 is 0. The quantitative estimate of drug-likeness (QED) is 0.514. The van der Waals surface area contributed by atoms with Crippen LogP contribution in [0.25, 0.3) is 0 Å². The molecule has 4 saturated carbocycles. The van der Waals surface area contributed by atoms with Crippen LogP contribution < -0.4 is 0 Å². The van der Waals surface area contributed by atoms with E-state index in [-0.39, 0.29) is 0 Å². The molecule has 0 spiro atoms. The summed E-state index contributed by atoms with van der Waals surface area (Å²) in [5, 5.41) is 0. The lowest BCUT2D eigenvalue weighted by molar-refractivity contribution is -0.131. The van der Waals surface area contributed by atoms with Crippen LogP contribution in [-0.2, 0) is 0 Å². The van der Waals surface area contributed by atoms with Crippen LogP contribution in [0.2, 0.25) is 0 Å². The fraction of sp³-hybridized carbons (Fsp3) is 1.00. The van der Waals surface area contributed by atoms with Crippen LogP contribution in [0, 0.1) is 46.3 Å². The van der Waals surface area contributed by atoms with Gasteiger partial charge in [-0.3, -0.25) is 0 Å². The first-order valence-corrected chi connectivity index (χ1v) is 9.99. The maximum absolute atomic E-state index is 2.67. The van der Waals surface area contributed by atoms with Gasteiger partial charge in [0.15, 0.2) is 0 Å². The van der Waals surface area contributed by atoms with Crippen LogP contribution >= 0.6 is 0 Å². The van der Waals surface area contributed by atoms with Crippen LogP contribution in [0.3, 0.4) is 0 Å². The van der Waals surface area contributed by atoms with Gasteiger partial charge in [0.1, 0.15) is 0 Å². The zero-order valence-corrected chi connectivity index (χ0v) is 15.4. The third-order valence-electron chi connectivity index (χ3n) is 8.65. The molecule has 0 amide bonds. The molecule has 0 heterocycles. The van der Waals surface area contributed by atoms with Crippen molar-refractivity contribution in [1.29, 1.82) is 0 Å². The van der Waals surface area contributed by atoms with Gasteiger partial charge in [-0.2, -0.15) is 0 Å². The Kier molecular flexibility index (Phi) is 3.99. The minimum atomic E-state index is 0.739. The second-order valence-corrected chi connectivity index (χ2v) is 9.25. The second kappa shape index (κ2) is 5.27. The van der Waals surface area contributed by atoms with E-state index in [1.807, 2.05) is 13.8 Å². The minimum Gasteiger partial charge on any atom is -0.0683 e. The summed E-state index contributed by atoms with van der Waals surface area (Å²) in [6, 6.07) is 0. The Morgan fingerprint density at radius 1 is 0.952 bits per heavy atom. The molecule has 4 rings (SSSR count). The Morgan fingerprint density at radius 2 is 1.67 bits per heavy atom. The van der Waals surface area contributed by atoms with E-state index in [1.165, 1.54) is 6.42 Å². The first kappa shape index (κ1) is 15.9. The summed E-state index contributed by atoms with van der Waals surface area (Å²) in [6.45, 7) is 14.2. The molecule has 8 atom stereocenters. The highest BCUT2D eigenvalue weighted by Gasteiger charge is 2.65. The van der Waals surface area contributed by atoms with Gasteiger partial charge in [-0.1, -0.05) is 48.0 Å². The summed E-state index contributed by atoms with van der Waals surface area (Å²) in [7, 11) is 0. The van der Waals surface area contributed by atoms with E-state index in [9.17, 15) is 0 Å². The average Bonchev–Trinajstić information content (AvgIpc) is 2.86. The lowest BCUT2D eigenvalue weighted by Gasteiger charge is -2.62. The van der Waals surface area contributed by atoms with Gasteiger partial charge in [-0.25, -0.2) is 0 Å². The van der Waals surface area contributed by atoms with Crippen LogP contribution in [0.4, 0.5) is 0 Å². The Hall–Kier alpha value is 0. The number of hydrogen-bond donors (Lipinski definition) is 0. The topological polar surface area (TPSA) is 0 Å². The molecule has 0 heteroatoms. The highest BCUT2D eigenvalue weighted by Crippen LogP contribution is 2.73. The molecule has 4 aliphatic carbocycles. The van der Waals surface area contributed by atoms with E-state index in [0.29, 0.717) is 0 Å². The Morgan fingerprint density at radius 3 is 2.33 bits per heavy atom. The summed E-state index contributed by atoms with van der Waals surface area (Å²) in [5.74, 6) is 6.47. The van der Waals surface area contributed by atoms with Crippen LogP contribution in [-0.4, -0.2) is 0 Å². The molecule has 8 unspecified atom stereocenters. The first-order chi connectivity index (χ1) is 9.99. The van der Waals surface area contributed by atoms with Gasteiger partial charge in [0.05, 0.1) is 0 Å². The fourth-order valence-corrected chi connectivity index (χ4v) is 7.69. The molecule has 0 saturated heterocycles. The highest BCUT2D eigenvalue weighted by molar-refractivity contribution is 5.14. The molecule has 4 fully saturated rings. The molecule has 0 bridgehead atoms. The summed E-state index contributed by atoms with van der Waals surface area (Å²) < 4.78 is 0. The number of fused-ring (bicyclic) bond motifs is 5. The summed E-state index contributed by atoms with van der Waals surface area (Å²) in [5.41, 5.74) is 1.49. The SMILES string of the molecule is CC.CCC1CC2C3CC4CC(C)CC4(C)C3CCC12C. The van der Waals surface area contributed by atoms with Crippen molar-refractivity contribution in [3.63, 3.8) is 0 Å². The molecule has 0 N–H and O–H groups in total. The maximum Gasteiger partial charge on any atom is -0.0264 e. The van der Waals surface area contributed by atoms with Crippen LogP contribution in [0.15, 0.2) is 0 Å². The molecule has 21 heavy (non-hydrogen) atoms. The van der Waals surface area contributed by atoms with E-state index < -0.39 is 0 Å². The van der Waals surface area contributed by atoms with Gasteiger partial charge in [0.2, 0.25) is 0 Å². The lowest BCUT2D eigenvalue weighted by atomic mass is 9.43. The standard InChI is InChI=1S/C19H32.C2H6/c1-5-13-10-17-15-9-14-8-12(2)11-19(14,4)16(15)6-7-18(13,17)3;1-2/h12-17H,5-11H2,1-4H3;1-2H3. The smallest absolute Gasteiger partial charge is 0.0264 e. The fourth-order valence-electron chi connectivity index (χ4n) is 7.69. The van der Waals surface area contributed by atoms with Crippen molar-refractivity contribution >= 4 is 0 Å². The maximum atomic E-state index is 2.67. The molecule has 0 nitrogen and oxygen atoms in total. The Labute approximate surface area is 133 Å². The number of hydrogen-bond acceptors (Lipinski definition) is 0. The Balaban J connectivity index is 0.000000636. The van der Waals surface area contributed by atoms with Crippen LogP contribution in [0.1, 0.15) is 86.5 Å². The predicted molar refractivity (Wildman–Crippen MR) is 92.2 cm³/mol. The van der Waals surface area contributed by atoms with Gasteiger partial charge in [-0.15, -0.1) is 0 Å². The van der Waals surface area contributed by atoms with E-state index in [4.69, 9.17) is 0 Å². The number of rotatable bonds is 1. The summed E-state index contributed by atoms with van der Waals surface area (Å²) in [6.07, 6.45) is 10.8. The third kappa shape index (κ3) is 1.99. The van der Waals surface area contributed by atoms with Crippen molar-refractivity contribution in [2.24, 2.45) is 46.3 Å². The van der Waals surface area contributed by atoms with Crippen molar-refractivity contribution in [3.8, 4) is 0 Å². The van der Waals surface area contributed by atoms with Gasteiger partial charge < -0.3 is 0 Å². The van der Waals surface area contributed by atoms with Gasteiger partial charge >= 0.3 is 0 Å². The molecular weight excluding hydrogens is 252 g/mol. The Bertz CT molecular complexity index is 385. The van der Waals surface area contributed by atoms with E-state index in [0.717, 1.165) is 46.3 Å². The van der Waals surface area contributed by atoms with Crippen molar-refractivity contribution in [2.75, 3.05) is 0 Å². The van der Waals surface area contributed by atoms with E-state index in [2.05, 4.69) is 27.7 Å². The normalized spacial score (nSPS) is 57.4. The van der Waals surface area contributed by atoms with Crippen molar-refractivity contribution < 1.29 is 0 Å². The molecule has 122 valence electrons. The zero-order chi connectivity index (χ0) is 15.4. The van der Waals surface area contributed by atoms with Crippen LogP contribution in [0.5, 0.6) is 0 Å².